The molecule has 1 aliphatic rings. The number of carbonyl (C=O) groups is 1. The molecule has 0 radical (unpaired) electrons. The first kappa shape index (κ1) is 27.1. The zero-order valence-corrected chi connectivity index (χ0v) is 19.4. The van der Waals surface area contributed by atoms with Crippen LogP contribution >= 0.6 is 15.5 Å². The van der Waals surface area contributed by atoms with Crippen molar-refractivity contribution < 1.29 is 47.7 Å². The predicted octanol–water partition coefficient (Wildman–Crippen LogP) is -2.91. The average molecular weight is 539 g/mol. The number of rotatable bonds is 10. The molecule has 0 bridgehead atoms. The fourth-order valence-electron chi connectivity index (χ4n) is 3.15. The first-order valence-electron chi connectivity index (χ1n) is 9.69. The average Bonchev–Trinajstić information content (AvgIpc) is 3.34. The standard InChI is InChI=1S/C15H23N7O11P2/c16-8(3-7-4-18-6-19-7)14(24)33-12-9(5-31-35(29,30)21-34(26,27)28)32-13(11(12)23)22-2-1-10(17)20-15(22)25/h1-2,4,6,8-9,11-13,23H,3,5,16H2,(H,18,19)(H2,17,20,25)(H4,21,26,27,28,29,30)/t8-,9+,11+,12+,13+/m0/s1. The van der Waals surface area contributed by atoms with Gasteiger partial charge in [0, 0.05) is 24.5 Å². The molecule has 0 aromatic carbocycles. The van der Waals surface area contributed by atoms with Gasteiger partial charge in [-0.2, -0.15) is 4.98 Å². The van der Waals surface area contributed by atoms with Crippen molar-refractivity contribution in [3.05, 3.63) is 41.0 Å². The van der Waals surface area contributed by atoms with Crippen molar-refractivity contribution in [3.8, 4) is 0 Å². The topological polar surface area (TPSA) is 287 Å². The summed E-state index contributed by atoms with van der Waals surface area (Å²) in [6.45, 7) is -0.904. The first-order chi connectivity index (χ1) is 16.3. The fraction of sp³-hybridized carbons (Fsp3) is 0.467. The van der Waals surface area contributed by atoms with Crippen LogP contribution in [0.1, 0.15) is 11.9 Å². The second-order valence-corrected chi connectivity index (χ2v) is 10.5. The number of nitrogens with one attached hydrogen (secondary N) is 2. The molecule has 3 rings (SSSR count). The lowest BCUT2D eigenvalue weighted by molar-refractivity contribution is -0.158. The van der Waals surface area contributed by atoms with E-state index in [9.17, 15) is 28.7 Å². The van der Waals surface area contributed by atoms with E-state index < -0.39 is 64.3 Å². The van der Waals surface area contributed by atoms with Crippen LogP contribution in [0.5, 0.6) is 0 Å². The number of nitrogens with two attached hydrogens (primary N) is 2. The third-order valence-electron chi connectivity index (χ3n) is 4.66. The van der Waals surface area contributed by atoms with Gasteiger partial charge in [-0.3, -0.25) is 13.9 Å². The van der Waals surface area contributed by atoms with Crippen LogP contribution in [0.3, 0.4) is 0 Å². The zero-order chi connectivity index (χ0) is 26.0. The molecule has 0 spiro atoms. The van der Waals surface area contributed by atoms with Crippen LogP contribution in [0.2, 0.25) is 0 Å². The molecule has 2 aromatic heterocycles. The van der Waals surface area contributed by atoms with Gasteiger partial charge in [0.05, 0.1) is 12.9 Å². The monoisotopic (exact) mass is 539 g/mol. The maximum atomic E-state index is 12.6. The van der Waals surface area contributed by atoms with Gasteiger partial charge >= 0.3 is 27.2 Å². The van der Waals surface area contributed by atoms with Gasteiger partial charge in [0.25, 0.3) is 0 Å². The fourth-order valence-corrected chi connectivity index (χ4v) is 5.05. The molecule has 1 fully saturated rings. The molecule has 18 nitrogen and oxygen atoms in total. The SMILES string of the molecule is Nc1ccn([C@@H]2O[C@H](COP(=O)(O)NP(=O)(O)O)[C@@H](OC(=O)[C@@H](N)Cc3cnc[nH]3)[C@H]2O)c(=O)n1. The van der Waals surface area contributed by atoms with Crippen LogP contribution in [-0.2, 0) is 34.3 Å². The first-order valence-corrected chi connectivity index (χ1v) is 12.9. The lowest BCUT2D eigenvalue weighted by atomic mass is 10.1. The number of aromatic nitrogens is 4. The second-order valence-electron chi connectivity index (χ2n) is 7.35. The summed E-state index contributed by atoms with van der Waals surface area (Å²) < 4.78 is 39.2. The summed E-state index contributed by atoms with van der Waals surface area (Å²) in [6.07, 6.45) is -2.34. The van der Waals surface area contributed by atoms with Crippen molar-refractivity contribution in [3.63, 3.8) is 0 Å². The number of carbonyl (C=O) groups excluding carboxylic acids is 1. The quantitative estimate of drug-likeness (QED) is 0.111. The van der Waals surface area contributed by atoms with Crippen molar-refractivity contribution in [2.75, 3.05) is 12.3 Å². The van der Waals surface area contributed by atoms with Gasteiger partial charge in [-0.1, -0.05) is 0 Å². The largest absolute Gasteiger partial charge is 0.455 e. The van der Waals surface area contributed by atoms with Gasteiger partial charge < -0.3 is 45.7 Å². The van der Waals surface area contributed by atoms with E-state index in [-0.39, 0.29) is 12.2 Å². The lowest BCUT2D eigenvalue weighted by Crippen LogP contribution is -2.44. The number of esters is 1. The number of aliphatic hydroxyl groups excluding tert-OH is 1. The van der Waals surface area contributed by atoms with E-state index in [2.05, 4.69) is 19.5 Å². The predicted molar refractivity (Wildman–Crippen MR) is 114 cm³/mol. The molecule has 0 aliphatic carbocycles. The zero-order valence-electron chi connectivity index (χ0n) is 17.6. The minimum absolute atomic E-state index is 0.00745. The van der Waals surface area contributed by atoms with Crippen LogP contribution in [-0.4, -0.2) is 76.2 Å². The second kappa shape index (κ2) is 10.6. The molecule has 1 aliphatic heterocycles. The highest BCUT2D eigenvalue weighted by molar-refractivity contribution is 7.66. The van der Waals surface area contributed by atoms with Gasteiger partial charge in [0.1, 0.15) is 24.1 Å². The molecule has 0 saturated carbocycles. The Morgan fingerprint density at radius 3 is 2.69 bits per heavy atom. The van der Waals surface area contributed by atoms with Gasteiger partial charge in [-0.25, -0.2) is 18.9 Å². The number of aromatic amines is 1. The molecule has 194 valence electrons. The minimum atomic E-state index is -5.16. The highest BCUT2D eigenvalue weighted by Gasteiger charge is 2.49. The van der Waals surface area contributed by atoms with Crippen LogP contribution in [0.15, 0.2) is 29.6 Å². The van der Waals surface area contributed by atoms with E-state index in [1.165, 1.54) is 18.6 Å². The summed E-state index contributed by atoms with van der Waals surface area (Å²) in [5.74, 6) is -1.11. The molecule has 10 N–H and O–H groups in total. The van der Waals surface area contributed by atoms with Crippen LogP contribution in [0.25, 0.3) is 0 Å². The highest BCUT2D eigenvalue weighted by Crippen LogP contribution is 2.49. The summed E-state index contributed by atoms with van der Waals surface area (Å²) in [4.78, 5) is 63.2. The van der Waals surface area contributed by atoms with Crippen LogP contribution in [0, 0.1) is 0 Å². The molecule has 1 unspecified atom stereocenters. The highest BCUT2D eigenvalue weighted by atomic mass is 31.3. The van der Waals surface area contributed by atoms with Crippen molar-refractivity contribution >= 4 is 27.3 Å². The summed E-state index contributed by atoms with van der Waals surface area (Å²) in [7, 11) is -10.2. The number of aliphatic hydroxyl groups is 1. The van der Waals surface area contributed by atoms with Crippen molar-refractivity contribution in [1.82, 2.24) is 24.4 Å². The molecular weight excluding hydrogens is 516 g/mol. The lowest BCUT2D eigenvalue weighted by Gasteiger charge is -2.23. The van der Waals surface area contributed by atoms with Crippen molar-refractivity contribution in [2.24, 2.45) is 5.73 Å². The Morgan fingerprint density at radius 1 is 1.37 bits per heavy atom. The van der Waals surface area contributed by atoms with Gasteiger partial charge in [-0.05, 0) is 6.07 Å². The van der Waals surface area contributed by atoms with Gasteiger partial charge in [-0.15, -0.1) is 4.86 Å². The number of anilines is 1. The number of ether oxygens (including phenoxy) is 2. The molecule has 1 saturated heterocycles. The Hall–Kier alpha value is -2.50. The molecule has 6 atom stereocenters. The normalized spacial score (nSPS) is 25.2. The Bertz CT molecular complexity index is 1190. The third kappa shape index (κ3) is 7.25. The Balaban J connectivity index is 1.80. The van der Waals surface area contributed by atoms with Crippen LogP contribution in [0.4, 0.5) is 5.82 Å². The number of nitrogens with zero attached hydrogens (tertiary/aromatic N) is 3. The number of hydrogen-bond acceptors (Lipinski definition) is 12. The van der Waals surface area contributed by atoms with Crippen molar-refractivity contribution in [2.45, 2.75) is 37.0 Å². The summed E-state index contributed by atoms with van der Waals surface area (Å²) in [6, 6.07) is 0.0126. The molecule has 3 heterocycles. The van der Waals surface area contributed by atoms with E-state index >= 15 is 0 Å². The Morgan fingerprint density at radius 2 is 2.09 bits per heavy atom. The maximum Gasteiger partial charge on any atom is 0.412 e. The van der Waals surface area contributed by atoms with E-state index in [0.29, 0.717) is 5.69 Å². The number of nitrogen functional groups attached to an aromatic ring is 1. The molecule has 35 heavy (non-hydrogen) atoms. The maximum absolute atomic E-state index is 12.6. The number of H-pyrrole nitrogens is 1. The van der Waals surface area contributed by atoms with Crippen molar-refractivity contribution in [1.29, 1.82) is 0 Å². The van der Waals surface area contributed by atoms with E-state index in [0.717, 1.165) is 15.6 Å². The Kier molecular flexibility index (Phi) is 8.23. The summed E-state index contributed by atoms with van der Waals surface area (Å²) in [5, 5.41) is 10.8. The number of imidazole rings is 1. The molecular formula is C15H23N7O11P2. The smallest absolute Gasteiger partial charge is 0.412 e. The van der Waals surface area contributed by atoms with E-state index in [1.807, 2.05) is 0 Å². The van der Waals surface area contributed by atoms with Gasteiger partial charge in [0.15, 0.2) is 12.3 Å². The molecule has 20 heteroatoms. The summed E-state index contributed by atoms with van der Waals surface area (Å²) >= 11 is 0. The third-order valence-corrected chi connectivity index (χ3v) is 7.21. The van der Waals surface area contributed by atoms with E-state index in [4.69, 9.17) is 30.7 Å². The minimum Gasteiger partial charge on any atom is -0.455 e. The Labute approximate surface area is 196 Å². The summed E-state index contributed by atoms with van der Waals surface area (Å²) in [5.41, 5.74) is 10.9. The van der Waals surface area contributed by atoms with E-state index in [1.54, 1.807) is 0 Å². The molecule has 2 aromatic rings. The number of hydrogen-bond donors (Lipinski definition) is 8. The molecule has 0 amide bonds. The van der Waals surface area contributed by atoms with Crippen LogP contribution < -0.4 is 22.0 Å². The van der Waals surface area contributed by atoms with Gasteiger partial charge in [0.2, 0.25) is 0 Å².